The lowest BCUT2D eigenvalue weighted by molar-refractivity contribution is 0.212. The van der Waals surface area contributed by atoms with Crippen LogP contribution in [0, 0.1) is 17.5 Å². The molecule has 1 aromatic carbocycles. The summed E-state index contributed by atoms with van der Waals surface area (Å²) in [4.78, 5) is 0. The third kappa shape index (κ3) is 3.57. The van der Waals surface area contributed by atoms with Crippen LogP contribution in [0.2, 0.25) is 0 Å². The summed E-state index contributed by atoms with van der Waals surface area (Å²) in [6.07, 6.45) is 0. The third-order valence-corrected chi connectivity index (χ3v) is 4.52. The molecule has 0 saturated heterocycles. The van der Waals surface area contributed by atoms with Gasteiger partial charge in [0.25, 0.3) is 0 Å². The van der Waals surface area contributed by atoms with E-state index < -0.39 is 30.8 Å². The first-order valence-corrected chi connectivity index (χ1v) is 7.25. The highest BCUT2D eigenvalue weighted by molar-refractivity contribution is 7.54. The molecule has 0 aliphatic rings. The highest BCUT2D eigenvalue weighted by Crippen LogP contribution is 2.58. The van der Waals surface area contributed by atoms with Crippen molar-refractivity contribution < 1.29 is 26.8 Å². The molecule has 1 rings (SSSR count). The molecule has 8 heteroatoms. The molecule has 0 radical (unpaired) electrons. The van der Waals surface area contributed by atoms with Gasteiger partial charge in [-0.05, 0) is 31.5 Å². The maximum Gasteiger partial charge on any atom is 0.351 e. The van der Waals surface area contributed by atoms with Crippen molar-refractivity contribution >= 4 is 7.60 Å². The molecule has 0 fully saturated rings. The zero-order chi connectivity index (χ0) is 14.6. The van der Waals surface area contributed by atoms with Gasteiger partial charge in [-0.25, -0.2) is 13.2 Å². The lowest BCUT2D eigenvalue weighted by Gasteiger charge is -2.23. The van der Waals surface area contributed by atoms with Gasteiger partial charge in [0.05, 0.1) is 13.2 Å². The quantitative estimate of drug-likeness (QED) is 0.646. The predicted molar refractivity (Wildman–Crippen MR) is 64.1 cm³/mol. The van der Waals surface area contributed by atoms with Gasteiger partial charge in [0, 0.05) is 0 Å². The van der Waals surface area contributed by atoms with Crippen molar-refractivity contribution in [3.8, 4) is 0 Å². The van der Waals surface area contributed by atoms with Gasteiger partial charge in [-0.1, -0.05) is 0 Å². The summed E-state index contributed by atoms with van der Waals surface area (Å²) in [6.45, 7) is 3.25. The van der Waals surface area contributed by atoms with Crippen LogP contribution in [0.1, 0.15) is 25.2 Å². The summed E-state index contributed by atoms with van der Waals surface area (Å²) in [5.41, 5.74) is 5.47. The SMILES string of the molecule is CCOP(=O)(OCC)[C@H](N)c1cc(F)c(F)c(F)c1. The fourth-order valence-corrected chi connectivity index (χ4v) is 3.12. The van der Waals surface area contributed by atoms with E-state index in [2.05, 4.69) is 0 Å². The summed E-state index contributed by atoms with van der Waals surface area (Å²) in [7, 11) is -3.77. The molecule has 0 aromatic heterocycles. The molecule has 0 spiro atoms. The average Bonchev–Trinajstić information content (AvgIpc) is 2.35. The van der Waals surface area contributed by atoms with Gasteiger partial charge in [0.2, 0.25) is 0 Å². The van der Waals surface area contributed by atoms with Crippen molar-refractivity contribution in [3.05, 3.63) is 35.1 Å². The molecule has 0 heterocycles. The minimum Gasteiger partial charge on any atom is -0.314 e. The topological polar surface area (TPSA) is 61.5 Å². The zero-order valence-corrected chi connectivity index (χ0v) is 11.4. The Morgan fingerprint density at radius 2 is 1.58 bits per heavy atom. The Kier molecular flexibility index (Phi) is 5.55. The van der Waals surface area contributed by atoms with Crippen molar-refractivity contribution in [1.29, 1.82) is 0 Å². The Morgan fingerprint density at radius 3 is 1.95 bits per heavy atom. The van der Waals surface area contributed by atoms with E-state index in [0.717, 1.165) is 0 Å². The lowest BCUT2D eigenvalue weighted by Crippen LogP contribution is -2.16. The number of halogens is 3. The van der Waals surface area contributed by atoms with Gasteiger partial charge in [-0.2, -0.15) is 0 Å². The highest BCUT2D eigenvalue weighted by atomic mass is 31.2. The smallest absolute Gasteiger partial charge is 0.314 e. The Hall–Kier alpha value is -0.880. The largest absolute Gasteiger partial charge is 0.351 e. The van der Waals surface area contributed by atoms with Gasteiger partial charge in [0.1, 0.15) is 5.78 Å². The van der Waals surface area contributed by atoms with Gasteiger partial charge in [-0.15, -0.1) is 0 Å². The highest BCUT2D eigenvalue weighted by Gasteiger charge is 2.34. The van der Waals surface area contributed by atoms with E-state index in [1.165, 1.54) is 0 Å². The molecule has 2 N–H and O–H groups in total. The molecule has 1 atom stereocenters. The van der Waals surface area contributed by atoms with Crippen molar-refractivity contribution in [2.24, 2.45) is 5.73 Å². The first kappa shape index (κ1) is 16.2. The first-order chi connectivity index (χ1) is 8.85. The number of benzene rings is 1. The van der Waals surface area contributed by atoms with E-state index >= 15 is 0 Å². The molecule has 0 amide bonds. The van der Waals surface area contributed by atoms with Crippen LogP contribution in [0.3, 0.4) is 0 Å². The van der Waals surface area contributed by atoms with Crippen LogP contribution >= 0.6 is 7.60 Å². The second kappa shape index (κ2) is 6.52. The average molecular weight is 297 g/mol. The van der Waals surface area contributed by atoms with E-state index in [9.17, 15) is 17.7 Å². The lowest BCUT2D eigenvalue weighted by atomic mass is 10.2. The summed E-state index contributed by atoms with van der Waals surface area (Å²) in [6, 6.07) is 1.35. The number of hydrogen-bond donors (Lipinski definition) is 1. The molecule has 0 aliphatic carbocycles. The fraction of sp³-hybridized carbons (Fsp3) is 0.455. The second-order valence-corrected chi connectivity index (χ2v) is 5.77. The predicted octanol–water partition coefficient (Wildman–Crippen LogP) is 3.33. The van der Waals surface area contributed by atoms with Gasteiger partial charge < -0.3 is 14.8 Å². The fourth-order valence-electron chi connectivity index (χ4n) is 1.49. The third-order valence-electron chi connectivity index (χ3n) is 2.31. The molecule has 0 saturated carbocycles. The molecule has 1 aromatic rings. The van der Waals surface area contributed by atoms with E-state index in [1.807, 2.05) is 0 Å². The Morgan fingerprint density at radius 1 is 1.16 bits per heavy atom. The minimum absolute atomic E-state index is 0.0527. The van der Waals surface area contributed by atoms with Crippen LogP contribution in [-0.2, 0) is 13.6 Å². The second-order valence-electron chi connectivity index (χ2n) is 3.62. The van der Waals surface area contributed by atoms with Crippen LogP contribution in [0.15, 0.2) is 12.1 Å². The first-order valence-electron chi connectivity index (χ1n) is 5.64. The van der Waals surface area contributed by atoms with Crippen molar-refractivity contribution in [2.75, 3.05) is 13.2 Å². The van der Waals surface area contributed by atoms with Gasteiger partial charge in [0.15, 0.2) is 17.5 Å². The molecular weight excluding hydrogens is 282 g/mol. The van der Waals surface area contributed by atoms with Crippen LogP contribution in [-0.4, -0.2) is 13.2 Å². The maximum absolute atomic E-state index is 13.1. The normalized spacial score (nSPS) is 13.6. The Labute approximate surface area is 109 Å². The standard InChI is InChI=1S/C11H15F3NO3P/c1-3-17-19(16,18-4-2)11(15)7-5-8(12)10(14)9(13)6-7/h5-6,11H,3-4,15H2,1-2H3/t11-/m0/s1. The van der Waals surface area contributed by atoms with E-state index in [0.29, 0.717) is 12.1 Å². The van der Waals surface area contributed by atoms with Crippen LogP contribution in [0.4, 0.5) is 13.2 Å². The van der Waals surface area contributed by atoms with Gasteiger partial charge >= 0.3 is 7.60 Å². The number of nitrogens with two attached hydrogens (primary N) is 1. The molecule has 0 aliphatic heterocycles. The molecule has 19 heavy (non-hydrogen) atoms. The summed E-state index contributed by atoms with van der Waals surface area (Å²) in [5, 5.41) is 0. The summed E-state index contributed by atoms with van der Waals surface area (Å²) in [5.74, 6) is -5.83. The van der Waals surface area contributed by atoms with Gasteiger partial charge in [-0.3, -0.25) is 4.57 Å². The van der Waals surface area contributed by atoms with Crippen LogP contribution < -0.4 is 5.73 Å². The van der Waals surface area contributed by atoms with E-state index in [-0.39, 0.29) is 18.8 Å². The van der Waals surface area contributed by atoms with Crippen molar-refractivity contribution in [1.82, 2.24) is 0 Å². The molecule has 0 unspecified atom stereocenters. The summed E-state index contributed by atoms with van der Waals surface area (Å²) >= 11 is 0. The van der Waals surface area contributed by atoms with Crippen LogP contribution in [0.5, 0.6) is 0 Å². The molecule has 4 nitrogen and oxygen atoms in total. The molecular formula is C11H15F3NO3P. The monoisotopic (exact) mass is 297 g/mol. The van der Waals surface area contributed by atoms with E-state index in [4.69, 9.17) is 14.8 Å². The number of rotatable bonds is 6. The van der Waals surface area contributed by atoms with Crippen LogP contribution in [0.25, 0.3) is 0 Å². The van der Waals surface area contributed by atoms with Crippen molar-refractivity contribution in [3.63, 3.8) is 0 Å². The maximum atomic E-state index is 13.1. The molecule has 0 bridgehead atoms. The summed E-state index contributed by atoms with van der Waals surface area (Å²) < 4.78 is 61.3. The van der Waals surface area contributed by atoms with Crippen molar-refractivity contribution in [2.45, 2.75) is 19.6 Å². The number of hydrogen-bond acceptors (Lipinski definition) is 4. The van der Waals surface area contributed by atoms with E-state index in [1.54, 1.807) is 13.8 Å². The Balaban J connectivity index is 3.16. The zero-order valence-electron chi connectivity index (χ0n) is 10.5. The molecule has 108 valence electrons. The minimum atomic E-state index is -3.77. The Bertz CT molecular complexity index is 465.